The van der Waals surface area contributed by atoms with Crippen LogP contribution in [0.2, 0.25) is 0 Å². The first-order chi connectivity index (χ1) is 12.7. The third kappa shape index (κ3) is 5.04. The summed E-state index contributed by atoms with van der Waals surface area (Å²) in [6.07, 6.45) is 0. The Morgan fingerprint density at radius 1 is 1.22 bits per heavy atom. The van der Waals surface area contributed by atoms with E-state index in [1.165, 1.54) is 6.07 Å². The zero-order valence-corrected chi connectivity index (χ0v) is 16.4. The van der Waals surface area contributed by atoms with Gasteiger partial charge >= 0.3 is 0 Å². The van der Waals surface area contributed by atoms with Gasteiger partial charge < -0.3 is 15.0 Å². The van der Waals surface area contributed by atoms with E-state index in [2.05, 4.69) is 5.32 Å². The van der Waals surface area contributed by atoms with E-state index in [4.69, 9.17) is 4.74 Å². The summed E-state index contributed by atoms with van der Waals surface area (Å²) in [6, 6.07) is 9.04. The molecule has 0 bridgehead atoms. The average Bonchev–Trinajstić information content (AvgIpc) is 2.58. The lowest BCUT2D eigenvalue weighted by atomic mass is 10.1. The number of nitro benzene ring substituents is 1. The maximum Gasteiger partial charge on any atom is 0.293 e. The van der Waals surface area contributed by atoms with Crippen molar-refractivity contribution in [1.29, 1.82) is 0 Å². The molecule has 0 aromatic heterocycles. The fourth-order valence-corrected chi connectivity index (χ4v) is 3.00. The van der Waals surface area contributed by atoms with Crippen molar-refractivity contribution in [3.05, 3.63) is 62.7 Å². The van der Waals surface area contributed by atoms with E-state index in [0.717, 1.165) is 27.3 Å². The number of carbonyl (C=O) groups excluding carboxylic acids is 1. The fraction of sp³-hybridized carbons (Fsp3) is 0.350. The van der Waals surface area contributed by atoms with Gasteiger partial charge in [-0.2, -0.15) is 0 Å². The Labute approximate surface area is 159 Å². The predicted octanol–water partition coefficient (Wildman–Crippen LogP) is 2.18. The fourth-order valence-electron chi connectivity index (χ4n) is 3.00. The number of amides is 1. The minimum atomic E-state index is -0.476. The second-order valence-corrected chi connectivity index (χ2v) is 6.83. The van der Waals surface area contributed by atoms with Gasteiger partial charge in [0, 0.05) is 11.6 Å². The molecule has 0 heterocycles. The van der Waals surface area contributed by atoms with Crippen molar-refractivity contribution in [2.45, 2.75) is 27.3 Å². The van der Waals surface area contributed by atoms with E-state index in [-0.39, 0.29) is 23.8 Å². The first-order valence-corrected chi connectivity index (χ1v) is 8.72. The van der Waals surface area contributed by atoms with Crippen LogP contribution in [0, 0.1) is 30.9 Å². The molecular formula is C20H26N3O4+. The zero-order valence-electron chi connectivity index (χ0n) is 16.4. The number of benzene rings is 2. The number of nitrogens with one attached hydrogen (secondary N) is 2. The van der Waals surface area contributed by atoms with Crippen molar-refractivity contribution >= 4 is 17.3 Å². The highest BCUT2D eigenvalue weighted by Crippen LogP contribution is 2.30. The van der Waals surface area contributed by atoms with Crippen molar-refractivity contribution in [3.8, 4) is 5.75 Å². The van der Waals surface area contributed by atoms with Crippen LogP contribution in [0.4, 0.5) is 11.4 Å². The summed E-state index contributed by atoms with van der Waals surface area (Å²) < 4.78 is 5.38. The number of nitrogens with zero attached hydrogens (tertiary/aromatic N) is 1. The molecule has 0 fully saturated rings. The molecule has 0 aliphatic rings. The molecule has 1 atom stereocenters. The van der Waals surface area contributed by atoms with Gasteiger partial charge in [-0.3, -0.25) is 14.9 Å². The normalized spacial score (nSPS) is 11.7. The number of hydrogen-bond donors (Lipinski definition) is 2. The molecule has 1 amide bonds. The first-order valence-electron chi connectivity index (χ1n) is 8.72. The van der Waals surface area contributed by atoms with Gasteiger partial charge in [0.15, 0.2) is 6.54 Å². The van der Waals surface area contributed by atoms with Gasteiger partial charge in [-0.1, -0.05) is 17.7 Å². The third-order valence-electron chi connectivity index (χ3n) is 4.57. The van der Waals surface area contributed by atoms with Crippen molar-refractivity contribution in [2.75, 3.05) is 26.0 Å². The van der Waals surface area contributed by atoms with Gasteiger partial charge in [-0.15, -0.1) is 0 Å². The SMILES string of the molecule is COc1ccc(C)cc1C[NH+](C)CC(=O)Nc1c([N+](=O)[O-])ccc(C)c1C. The summed E-state index contributed by atoms with van der Waals surface area (Å²) in [5, 5.41) is 14.0. The van der Waals surface area contributed by atoms with Gasteiger partial charge in [-0.25, -0.2) is 0 Å². The number of carbonyl (C=O) groups is 1. The van der Waals surface area contributed by atoms with Crippen LogP contribution >= 0.6 is 0 Å². The number of anilines is 1. The van der Waals surface area contributed by atoms with Gasteiger partial charge in [0.2, 0.25) is 0 Å². The lowest BCUT2D eigenvalue weighted by molar-refractivity contribution is -0.885. The molecule has 144 valence electrons. The zero-order chi connectivity index (χ0) is 20.1. The van der Waals surface area contributed by atoms with Crippen LogP contribution in [0.5, 0.6) is 5.75 Å². The van der Waals surface area contributed by atoms with Crippen LogP contribution in [-0.2, 0) is 11.3 Å². The number of nitro groups is 1. The topological polar surface area (TPSA) is 85.9 Å². The number of likely N-dealkylation sites (N-methyl/N-ethyl adjacent to an activating group) is 1. The van der Waals surface area contributed by atoms with Crippen LogP contribution in [0.25, 0.3) is 0 Å². The Morgan fingerprint density at radius 2 is 1.93 bits per heavy atom. The summed E-state index contributed by atoms with van der Waals surface area (Å²) in [5.74, 6) is 0.515. The monoisotopic (exact) mass is 372 g/mol. The molecule has 2 N–H and O–H groups in total. The minimum Gasteiger partial charge on any atom is -0.496 e. The van der Waals surface area contributed by atoms with Crippen molar-refractivity contribution in [2.24, 2.45) is 0 Å². The molecule has 0 aliphatic carbocycles. The maximum absolute atomic E-state index is 12.5. The molecule has 1 unspecified atom stereocenters. The molecule has 2 rings (SSSR count). The molecule has 0 radical (unpaired) electrons. The number of ether oxygens (including phenoxy) is 1. The van der Waals surface area contributed by atoms with E-state index in [1.54, 1.807) is 20.1 Å². The van der Waals surface area contributed by atoms with Gasteiger partial charge in [0.05, 0.1) is 19.1 Å². The Hall–Kier alpha value is -2.93. The highest BCUT2D eigenvalue weighted by molar-refractivity contribution is 5.95. The molecule has 7 heteroatoms. The number of aryl methyl sites for hydroxylation is 2. The second kappa shape index (κ2) is 8.64. The Kier molecular flexibility index (Phi) is 6.52. The van der Waals surface area contributed by atoms with Gasteiger partial charge in [0.25, 0.3) is 11.6 Å². The minimum absolute atomic E-state index is 0.0931. The van der Waals surface area contributed by atoms with Crippen LogP contribution in [-0.4, -0.2) is 31.5 Å². The van der Waals surface area contributed by atoms with E-state index in [1.807, 2.05) is 39.1 Å². The molecule has 2 aromatic carbocycles. The molecule has 0 aliphatic heterocycles. The summed E-state index contributed by atoms with van der Waals surface area (Å²) in [7, 11) is 3.52. The highest BCUT2D eigenvalue weighted by Gasteiger charge is 2.21. The van der Waals surface area contributed by atoms with E-state index < -0.39 is 4.92 Å². The lowest BCUT2D eigenvalue weighted by Crippen LogP contribution is -3.08. The van der Waals surface area contributed by atoms with Crippen LogP contribution in [0.3, 0.4) is 0 Å². The van der Waals surface area contributed by atoms with E-state index in [0.29, 0.717) is 12.1 Å². The van der Waals surface area contributed by atoms with E-state index >= 15 is 0 Å². The van der Waals surface area contributed by atoms with Crippen molar-refractivity contribution in [1.82, 2.24) is 0 Å². The summed E-state index contributed by atoms with van der Waals surface area (Å²) in [5.41, 5.74) is 3.90. The van der Waals surface area contributed by atoms with Crippen molar-refractivity contribution < 1.29 is 19.4 Å². The molecule has 7 nitrogen and oxygen atoms in total. The number of rotatable bonds is 7. The Bertz CT molecular complexity index is 865. The molecule has 0 saturated heterocycles. The van der Waals surface area contributed by atoms with Crippen LogP contribution in [0.15, 0.2) is 30.3 Å². The summed E-state index contributed by atoms with van der Waals surface area (Å²) >= 11 is 0. The quantitative estimate of drug-likeness (QED) is 0.576. The van der Waals surface area contributed by atoms with Gasteiger partial charge in [0.1, 0.15) is 18.0 Å². The van der Waals surface area contributed by atoms with E-state index in [9.17, 15) is 14.9 Å². The molecular weight excluding hydrogens is 346 g/mol. The van der Waals surface area contributed by atoms with Crippen LogP contribution in [0.1, 0.15) is 22.3 Å². The maximum atomic E-state index is 12.5. The molecule has 0 spiro atoms. The molecule has 0 saturated carbocycles. The molecule has 27 heavy (non-hydrogen) atoms. The van der Waals surface area contributed by atoms with Crippen molar-refractivity contribution in [3.63, 3.8) is 0 Å². The number of methoxy groups -OCH3 is 1. The number of quaternary nitrogens is 1. The largest absolute Gasteiger partial charge is 0.496 e. The van der Waals surface area contributed by atoms with Crippen LogP contribution < -0.4 is 15.0 Å². The Balaban J connectivity index is 2.12. The molecule has 2 aromatic rings. The summed E-state index contributed by atoms with van der Waals surface area (Å²) in [4.78, 5) is 24.2. The average molecular weight is 372 g/mol. The first kappa shape index (κ1) is 20.4. The lowest BCUT2D eigenvalue weighted by Gasteiger charge is -2.17. The smallest absolute Gasteiger partial charge is 0.293 e. The Morgan fingerprint density at radius 3 is 2.56 bits per heavy atom. The highest BCUT2D eigenvalue weighted by atomic mass is 16.6. The number of hydrogen-bond acceptors (Lipinski definition) is 4. The third-order valence-corrected chi connectivity index (χ3v) is 4.57. The second-order valence-electron chi connectivity index (χ2n) is 6.83. The summed E-state index contributed by atoms with van der Waals surface area (Å²) in [6.45, 7) is 6.42. The predicted molar refractivity (Wildman–Crippen MR) is 104 cm³/mol. The van der Waals surface area contributed by atoms with Gasteiger partial charge in [-0.05, 0) is 44.0 Å². The standard InChI is InChI=1S/C20H25N3O4/c1-13-6-9-18(27-5)16(10-13)11-22(4)12-19(24)21-20-15(3)14(2)7-8-17(20)23(25)26/h6-10H,11-12H2,1-5H3,(H,21,24)/p+1.